The molecule has 0 fully saturated rings. The molecular formula is C24H24Cl2N2O4S. The van der Waals surface area contributed by atoms with E-state index in [0.717, 1.165) is 10.7 Å². The molecule has 3 aromatic carbocycles. The molecular weight excluding hydrogens is 483 g/mol. The van der Waals surface area contributed by atoms with Crippen LogP contribution in [-0.2, 0) is 21.2 Å². The van der Waals surface area contributed by atoms with E-state index in [1.807, 2.05) is 24.3 Å². The molecule has 0 bridgehead atoms. The van der Waals surface area contributed by atoms with Gasteiger partial charge in [-0.25, -0.2) is 8.42 Å². The molecule has 0 heterocycles. The monoisotopic (exact) mass is 506 g/mol. The first-order chi connectivity index (χ1) is 15.8. The van der Waals surface area contributed by atoms with E-state index >= 15 is 0 Å². The van der Waals surface area contributed by atoms with E-state index in [0.29, 0.717) is 10.8 Å². The number of hydrogen-bond donors (Lipinski definition) is 1. The Morgan fingerprint density at radius 2 is 1.70 bits per heavy atom. The number of nitrogens with one attached hydrogen (secondary N) is 1. The van der Waals surface area contributed by atoms with Crippen LogP contribution in [0.5, 0.6) is 5.75 Å². The van der Waals surface area contributed by atoms with E-state index in [4.69, 9.17) is 27.9 Å². The van der Waals surface area contributed by atoms with Gasteiger partial charge in [-0.15, -0.1) is 0 Å². The number of carbonyl (C=O) groups is 1. The van der Waals surface area contributed by atoms with Gasteiger partial charge in [0, 0.05) is 5.02 Å². The molecule has 6 nitrogen and oxygen atoms in total. The van der Waals surface area contributed by atoms with Crippen LogP contribution in [0, 0.1) is 0 Å². The highest BCUT2D eigenvalue weighted by molar-refractivity contribution is 7.92. The maximum atomic E-state index is 13.3. The smallest absolute Gasteiger partial charge is 0.264 e. The topological polar surface area (TPSA) is 75.7 Å². The number of benzene rings is 3. The first-order valence-corrected chi connectivity index (χ1v) is 12.5. The maximum absolute atomic E-state index is 13.3. The Morgan fingerprint density at radius 1 is 1.00 bits per heavy atom. The summed E-state index contributed by atoms with van der Waals surface area (Å²) in [7, 11) is -4.05. The fraction of sp³-hybridized carbons (Fsp3) is 0.208. The molecule has 1 N–H and O–H groups in total. The summed E-state index contributed by atoms with van der Waals surface area (Å²) in [6, 6.07) is 20.0. The summed E-state index contributed by atoms with van der Waals surface area (Å²) in [6.45, 7) is 2.07. The lowest BCUT2D eigenvalue weighted by atomic mass is 10.2. The zero-order valence-corrected chi connectivity index (χ0v) is 20.3. The van der Waals surface area contributed by atoms with Crippen molar-refractivity contribution in [3.05, 3.63) is 88.4 Å². The molecule has 3 rings (SSSR count). The van der Waals surface area contributed by atoms with Crippen molar-refractivity contribution in [1.29, 1.82) is 0 Å². The summed E-state index contributed by atoms with van der Waals surface area (Å²) in [5, 5.41) is 3.17. The standard InChI is InChI=1S/C24H24Cl2N2O4S/c1-2-18-8-11-20(12-9-18)32-15-14-27-24(29)17-28(23-13-10-19(25)16-22(23)26)33(30,31)21-6-4-3-5-7-21/h3-13,16H,2,14-15,17H2,1H3,(H,27,29). The van der Waals surface area contributed by atoms with E-state index in [-0.39, 0.29) is 28.8 Å². The van der Waals surface area contributed by atoms with E-state index in [2.05, 4.69) is 12.2 Å². The average molecular weight is 507 g/mol. The Kier molecular flexibility index (Phi) is 8.61. The first kappa shape index (κ1) is 24.9. The summed E-state index contributed by atoms with van der Waals surface area (Å²) >= 11 is 12.2. The number of ether oxygens (including phenoxy) is 1. The maximum Gasteiger partial charge on any atom is 0.264 e. The van der Waals surface area contributed by atoms with Crippen LogP contribution in [0.2, 0.25) is 10.0 Å². The summed E-state index contributed by atoms with van der Waals surface area (Å²) in [5.41, 5.74) is 1.36. The van der Waals surface area contributed by atoms with E-state index < -0.39 is 22.5 Å². The number of carbonyl (C=O) groups excluding carboxylic acids is 1. The SMILES string of the molecule is CCc1ccc(OCCNC(=O)CN(c2ccc(Cl)cc2Cl)S(=O)(=O)c2ccccc2)cc1. The second kappa shape index (κ2) is 11.4. The Balaban J connectivity index is 1.69. The number of halogens is 2. The molecule has 0 aliphatic heterocycles. The van der Waals surface area contributed by atoms with Crippen LogP contribution in [0.15, 0.2) is 77.7 Å². The van der Waals surface area contributed by atoms with Crippen molar-refractivity contribution in [2.24, 2.45) is 0 Å². The van der Waals surface area contributed by atoms with Gasteiger partial charge in [-0.3, -0.25) is 9.10 Å². The molecule has 0 aromatic heterocycles. The highest BCUT2D eigenvalue weighted by atomic mass is 35.5. The predicted molar refractivity (Wildman–Crippen MR) is 132 cm³/mol. The highest BCUT2D eigenvalue weighted by Gasteiger charge is 2.28. The van der Waals surface area contributed by atoms with Gasteiger partial charge >= 0.3 is 0 Å². The highest BCUT2D eigenvalue weighted by Crippen LogP contribution is 2.32. The van der Waals surface area contributed by atoms with Crippen LogP contribution >= 0.6 is 23.2 Å². The number of nitrogens with zero attached hydrogens (tertiary/aromatic N) is 1. The van der Waals surface area contributed by atoms with Gasteiger partial charge in [0.15, 0.2) is 0 Å². The van der Waals surface area contributed by atoms with Crippen LogP contribution in [0.3, 0.4) is 0 Å². The van der Waals surface area contributed by atoms with Crippen LogP contribution in [-0.4, -0.2) is 34.0 Å². The number of amides is 1. The van der Waals surface area contributed by atoms with Crippen molar-refractivity contribution in [2.45, 2.75) is 18.2 Å². The van der Waals surface area contributed by atoms with E-state index in [9.17, 15) is 13.2 Å². The largest absolute Gasteiger partial charge is 0.492 e. The van der Waals surface area contributed by atoms with Gasteiger partial charge in [-0.2, -0.15) is 0 Å². The fourth-order valence-corrected chi connectivity index (χ4v) is 5.09. The summed E-state index contributed by atoms with van der Waals surface area (Å²) in [4.78, 5) is 12.7. The number of aryl methyl sites for hydroxylation is 1. The second-order valence-corrected chi connectivity index (χ2v) is 9.82. The van der Waals surface area contributed by atoms with Gasteiger partial charge in [0.25, 0.3) is 10.0 Å². The van der Waals surface area contributed by atoms with Crippen molar-refractivity contribution in [1.82, 2.24) is 5.32 Å². The Morgan fingerprint density at radius 3 is 2.33 bits per heavy atom. The fourth-order valence-electron chi connectivity index (χ4n) is 3.07. The molecule has 9 heteroatoms. The molecule has 0 unspecified atom stereocenters. The van der Waals surface area contributed by atoms with Crippen molar-refractivity contribution in [3.8, 4) is 5.75 Å². The lowest BCUT2D eigenvalue weighted by Crippen LogP contribution is -2.42. The van der Waals surface area contributed by atoms with Gasteiger partial charge < -0.3 is 10.1 Å². The lowest BCUT2D eigenvalue weighted by molar-refractivity contribution is -0.119. The first-order valence-electron chi connectivity index (χ1n) is 10.3. The third kappa shape index (κ3) is 6.63. The van der Waals surface area contributed by atoms with Crippen LogP contribution in [0.25, 0.3) is 0 Å². The zero-order chi connectivity index (χ0) is 23.8. The summed E-state index contributed by atoms with van der Waals surface area (Å²) < 4.78 is 33.2. The summed E-state index contributed by atoms with van der Waals surface area (Å²) in [5.74, 6) is 0.202. The second-order valence-electron chi connectivity index (χ2n) is 7.12. The quantitative estimate of drug-likeness (QED) is 0.394. The zero-order valence-electron chi connectivity index (χ0n) is 18.0. The minimum atomic E-state index is -4.05. The molecule has 0 radical (unpaired) electrons. The molecule has 33 heavy (non-hydrogen) atoms. The van der Waals surface area contributed by atoms with Crippen molar-refractivity contribution >= 4 is 44.8 Å². The van der Waals surface area contributed by atoms with Gasteiger partial charge in [0.1, 0.15) is 18.9 Å². The van der Waals surface area contributed by atoms with Crippen molar-refractivity contribution in [2.75, 3.05) is 24.0 Å². The number of hydrogen-bond acceptors (Lipinski definition) is 4. The Bertz CT molecular complexity index is 1190. The van der Waals surface area contributed by atoms with Gasteiger partial charge in [-0.1, -0.05) is 60.5 Å². The third-order valence-corrected chi connectivity index (χ3v) is 7.13. The Hall–Kier alpha value is -2.74. The minimum absolute atomic E-state index is 0.0441. The van der Waals surface area contributed by atoms with E-state index in [1.54, 1.807) is 18.2 Å². The molecule has 174 valence electrons. The van der Waals surface area contributed by atoms with Gasteiger partial charge in [0.05, 0.1) is 22.2 Å². The van der Waals surface area contributed by atoms with Crippen LogP contribution < -0.4 is 14.4 Å². The average Bonchev–Trinajstić information content (AvgIpc) is 2.81. The molecule has 0 spiro atoms. The number of sulfonamides is 1. The molecule has 0 saturated heterocycles. The molecule has 3 aromatic rings. The molecule has 0 aliphatic carbocycles. The van der Waals surface area contributed by atoms with Gasteiger partial charge in [-0.05, 0) is 54.4 Å². The normalized spacial score (nSPS) is 11.1. The predicted octanol–water partition coefficient (Wildman–Crippen LogP) is 4.95. The van der Waals surface area contributed by atoms with Crippen LogP contribution in [0.1, 0.15) is 12.5 Å². The Labute approximate surface area is 204 Å². The van der Waals surface area contributed by atoms with Crippen LogP contribution in [0.4, 0.5) is 5.69 Å². The number of anilines is 1. The van der Waals surface area contributed by atoms with Crippen molar-refractivity contribution < 1.29 is 17.9 Å². The van der Waals surface area contributed by atoms with E-state index in [1.165, 1.54) is 35.9 Å². The molecule has 1 amide bonds. The molecule has 0 atom stereocenters. The lowest BCUT2D eigenvalue weighted by Gasteiger charge is -2.25. The number of rotatable bonds is 10. The molecule has 0 saturated carbocycles. The minimum Gasteiger partial charge on any atom is -0.492 e. The van der Waals surface area contributed by atoms with Gasteiger partial charge in [0.2, 0.25) is 5.91 Å². The molecule has 0 aliphatic rings. The van der Waals surface area contributed by atoms with Crippen molar-refractivity contribution in [3.63, 3.8) is 0 Å². The summed E-state index contributed by atoms with van der Waals surface area (Å²) in [6.07, 6.45) is 0.941. The third-order valence-electron chi connectivity index (χ3n) is 4.82.